The highest BCUT2D eigenvalue weighted by atomic mass is 79.9. The first-order chi connectivity index (χ1) is 8.47. The van der Waals surface area contributed by atoms with Gasteiger partial charge in [-0.1, -0.05) is 18.2 Å². The third-order valence-corrected chi connectivity index (χ3v) is 6.85. The molecule has 0 radical (unpaired) electrons. The van der Waals surface area contributed by atoms with E-state index in [0.717, 1.165) is 14.7 Å². The summed E-state index contributed by atoms with van der Waals surface area (Å²) in [5, 5.41) is 0.0275. The van der Waals surface area contributed by atoms with E-state index >= 15 is 0 Å². The van der Waals surface area contributed by atoms with E-state index in [2.05, 4.69) is 70.0 Å². The second kappa shape index (κ2) is 6.08. The van der Waals surface area contributed by atoms with Gasteiger partial charge in [0.2, 0.25) is 0 Å². The van der Waals surface area contributed by atoms with Crippen LogP contribution in [-0.4, -0.2) is 0 Å². The van der Waals surface area contributed by atoms with Crippen molar-refractivity contribution in [2.24, 2.45) is 0 Å². The largest absolute Gasteiger partial charge is 0.130 e. The Balaban J connectivity index is 2.15. The summed E-state index contributed by atoms with van der Waals surface area (Å²) in [6.45, 7) is 4.27. The minimum absolute atomic E-state index is 0.0275. The summed E-state index contributed by atoms with van der Waals surface area (Å²) in [4.78, 5) is 1.19. The van der Waals surface area contributed by atoms with Crippen LogP contribution in [0.1, 0.15) is 26.9 Å². The molecule has 96 valence electrons. The number of hydrogen-bond donors (Lipinski definition) is 0. The Morgan fingerprint density at radius 2 is 1.89 bits per heavy atom. The molecule has 0 aliphatic rings. The normalized spacial score (nSPS) is 12.7. The lowest BCUT2D eigenvalue weighted by molar-refractivity contribution is 0.936. The zero-order valence-corrected chi connectivity index (χ0v) is 14.9. The van der Waals surface area contributed by atoms with Crippen LogP contribution in [0.25, 0.3) is 0 Å². The molecular weight excluding hydrogens is 395 g/mol. The lowest BCUT2D eigenvalue weighted by atomic mass is 10.0. The van der Waals surface area contributed by atoms with Crippen molar-refractivity contribution in [2.75, 3.05) is 0 Å². The monoisotopic (exact) mass is 406 g/mol. The zero-order chi connectivity index (χ0) is 13.3. The van der Waals surface area contributed by atoms with Crippen LogP contribution in [0.2, 0.25) is 0 Å². The van der Waals surface area contributed by atoms with Gasteiger partial charge in [0.25, 0.3) is 0 Å². The number of aryl methyl sites for hydroxylation is 2. The first-order valence-electron chi connectivity index (χ1n) is 5.62. The van der Waals surface area contributed by atoms with Crippen LogP contribution < -0.4 is 0 Å². The van der Waals surface area contributed by atoms with Crippen LogP contribution in [0.4, 0.5) is 0 Å². The minimum atomic E-state index is 0.0275. The molecule has 4 heteroatoms. The average Bonchev–Trinajstić information content (AvgIpc) is 2.65. The van der Waals surface area contributed by atoms with Crippen molar-refractivity contribution in [1.82, 2.24) is 0 Å². The van der Waals surface area contributed by atoms with E-state index in [-0.39, 0.29) is 5.38 Å². The molecule has 0 saturated heterocycles. The molecular formula is C14H13Br2ClS. The van der Waals surface area contributed by atoms with Crippen LogP contribution in [0.3, 0.4) is 0 Å². The van der Waals surface area contributed by atoms with E-state index in [9.17, 15) is 0 Å². The van der Waals surface area contributed by atoms with Gasteiger partial charge >= 0.3 is 0 Å². The Labute approximate surface area is 134 Å². The van der Waals surface area contributed by atoms with Gasteiger partial charge in [0.1, 0.15) is 0 Å². The van der Waals surface area contributed by atoms with Crippen LogP contribution in [0, 0.1) is 13.8 Å². The average molecular weight is 409 g/mol. The van der Waals surface area contributed by atoms with Crippen LogP contribution in [0.15, 0.2) is 32.5 Å². The van der Waals surface area contributed by atoms with Gasteiger partial charge in [-0.15, -0.1) is 22.9 Å². The molecule has 0 fully saturated rings. The summed E-state index contributed by atoms with van der Waals surface area (Å²) in [7, 11) is 0. The van der Waals surface area contributed by atoms with Crippen molar-refractivity contribution < 1.29 is 0 Å². The molecule has 0 amide bonds. The van der Waals surface area contributed by atoms with Gasteiger partial charge in [0, 0.05) is 9.35 Å². The number of alkyl halides is 1. The predicted molar refractivity (Wildman–Crippen MR) is 87.9 cm³/mol. The minimum Gasteiger partial charge on any atom is -0.130 e. The van der Waals surface area contributed by atoms with Crippen molar-refractivity contribution in [3.8, 4) is 0 Å². The summed E-state index contributed by atoms with van der Waals surface area (Å²) in [6.07, 6.45) is 0.863. The van der Waals surface area contributed by atoms with E-state index in [1.807, 2.05) is 0 Å². The molecule has 0 N–H and O–H groups in total. The second-order valence-electron chi connectivity index (χ2n) is 4.36. The summed E-state index contributed by atoms with van der Waals surface area (Å²) in [5.41, 5.74) is 3.94. The topological polar surface area (TPSA) is 0 Å². The Morgan fingerprint density at radius 3 is 2.44 bits per heavy atom. The molecule has 2 aromatic rings. The van der Waals surface area contributed by atoms with Crippen molar-refractivity contribution in [3.05, 3.63) is 54.1 Å². The molecule has 0 nitrogen and oxygen atoms in total. The Hall–Kier alpha value is 0.170. The van der Waals surface area contributed by atoms with Gasteiger partial charge in [-0.3, -0.25) is 0 Å². The molecule has 0 bridgehead atoms. The highest BCUT2D eigenvalue weighted by Gasteiger charge is 2.14. The SMILES string of the molecule is Cc1ccc(CC(Cl)c2cc(Br)c(Br)s2)cc1C. The highest BCUT2D eigenvalue weighted by molar-refractivity contribution is 9.13. The van der Waals surface area contributed by atoms with Gasteiger partial charge in [-0.05, 0) is 74.9 Å². The van der Waals surface area contributed by atoms with Crippen molar-refractivity contribution >= 4 is 54.8 Å². The smallest absolute Gasteiger partial charge is 0.0843 e. The van der Waals surface area contributed by atoms with Crippen molar-refractivity contribution in [2.45, 2.75) is 25.6 Å². The third kappa shape index (κ3) is 3.38. The molecule has 0 aliphatic heterocycles. The van der Waals surface area contributed by atoms with Crippen LogP contribution in [0.5, 0.6) is 0 Å². The maximum Gasteiger partial charge on any atom is 0.0843 e. The fraction of sp³-hybridized carbons (Fsp3) is 0.286. The Morgan fingerprint density at radius 1 is 1.17 bits per heavy atom. The van der Waals surface area contributed by atoms with Crippen LogP contribution >= 0.6 is 54.8 Å². The van der Waals surface area contributed by atoms with Gasteiger partial charge in [-0.2, -0.15) is 0 Å². The summed E-state index contributed by atoms with van der Waals surface area (Å²) < 4.78 is 2.18. The number of halogens is 3. The fourth-order valence-electron chi connectivity index (χ4n) is 1.76. The summed E-state index contributed by atoms with van der Waals surface area (Å²) in [6, 6.07) is 8.64. The van der Waals surface area contributed by atoms with Crippen LogP contribution in [-0.2, 0) is 6.42 Å². The molecule has 0 spiro atoms. The molecule has 0 saturated carbocycles. The zero-order valence-electron chi connectivity index (χ0n) is 10.1. The molecule has 1 aromatic heterocycles. The maximum atomic E-state index is 6.49. The molecule has 2 rings (SSSR count). The molecule has 0 aliphatic carbocycles. The maximum absolute atomic E-state index is 6.49. The van der Waals surface area contributed by atoms with E-state index in [0.29, 0.717) is 0 Å². The third-order valence-electron chi connectivity index (χ3n) is 2.96. The summed E-state index contributed by atoms with van der Waals surface area (Å²) >= 11 is 15.2. The van der Waals surface area contributed by atoms with E-state index in [1.54, 1.807) is 11.3 Å². The first-order valence-corrected chi connectivity index (χ1v) is 8.46. The van der Waals surface area contributed by atoms with Crippen molar-refractivity contribution in [1.29, 1.82) is 0 Å². The molecule has 1 atom stereocenters. The van der Waals surface area contributed by atoms with E-state index in [4.69, 9.17) is 11.6 Å². The number of thiophene rings is 1. The lowest BCUT2D eigenvalue weighted by Gasteiger charge is -2.09. The van der Waals surface area contributed by atoms with Gasteiger partial charge < -0.3 is 0 Å². The quantitative estimate of drug-likeness (QED) is 0.515. The number of benzene rings is 1. The first kappa shape index (κ1) is 14.6. The van der Waals surface area contributed by atoms with Crippen molar-refractivity contribution in [3.63, 3.8) is 0 Å². The predicted octanol–water partition coefficient (Wildman–Crippen LogP) is 6.41. The second-order valence-corrected chi connectivity index (χ2v) is 8.14. The standard InChI is InChI=1S/C14H13Br2ClS/c1-8-3-4-10(5-9(8)2)6-12(17)13-7-11(15)14(16)18-13/h3-5,7,12H,6H2,1-2H3. The Kier molecular flexibility index (Phi) is 4.92. The highest BCUT2D eigenvalue weighted by Crippen LogP contribution is 2.38. The molecule has 18 heavy (non-hydrogen) atoms. The molecule has 1 heterocycles. The Bertz CT molecular complexity index is 543. The van der Waals surface area contributed by atoms with Gasteiger partial charge in [0.15, 0.2) is 0 Å². The number of rotatable bonds is 3. The molecule has 1 aromatic carbocycles. The van der Waals surface area contributed by atoms with E-state index < -0.39 is 0 Å². The van der Waals surface area contributed by atoms with Gasteiger partial charge in [0.05, 0.1) is 9.16 Å². The number of hydrogen-bond acceptors (Lipinski definition) is 1. The van der Waals surface area contributed by atoms with E-state index in [1.165, 1.54) is 21.6 Å². The lowest BCUT2D eigenvalue weighted by Crippen LogP contribution is -1.94. The fourth-order valence-corrected chi connectivity index (χ4v) is 4.20. The van der Waals surface area contributed by atoms with Gasteiger partial charge in [-0.25, -0.2) is 0 Å². The molecule has 1 unspecified atom stereocenters. The summed E-state index contributed by atoms with van der Waals surface area (Å²) in [5.74, 6) is 0.